The molecule has 5 nitrogen and oxygen atoms in total. The average molecular weight is 320 g/mol. The lowest BCUT2D eigenvalue weighted by Gasteiger charge is -2.05. The highest BCUT2D eigenvalue weighted by molar-refractivity contribution is 6.09. The molecule has 0 saturated heterocycles. The number of nitrogens with one attached hydrogen (secondary N) is 1. The van der Waals surface area contributed by atoms with E-state index in [-0.39, 0.29) is 12.4 Å². The monoisotopic (exact) mass is 320 g/mol. The Kier molecular flexibility index (Phi) is 4.48. The van der Waals surface area contributed by atoms with Gasteiger partial charge >= 0.3 is 0 Å². The maximum absolute atomic E-state index is 12.3. The van der Waals surface area contributed by atoms with Crippen LogP contribution >= 0.6 is 0 Å². The van der Waals surface area contributed by atoms with E-state index in [0.29, 0.717) is 22.7 Å². The number of benzene rings is 2. The molecule has 5 heteroatoms. The molecule has 0 unspecified atom stereocenters. The first-order chi connectivity index (χ1) is 11.7. The second-order valence-electron chi connectivity index (χ2n) is 5.29. The lowest BCUT2D eigenvalue weighted by atomic mass is 10.1. The third-order valence-corrected chi connectivity index (χ3v) is 3.69. The predicted octanol–water partition coefficient (Wildman–Crippen LogP) is 3.52. The quantitative estimate of drug-likeness (QED) is 0.691. The fourth-order valence-electron chi connectivity index (χ4n) is 2.34. The largest absolute Gasteiger partial charge is 0.454 e. The number of carbonyl (C=O) groups excluding carboxylic acids is 1. The van der Waals surface area contributed by atoms with Crippen molar-refractivity contribution in [3.05, 3.63) is 59.2 Å². The van der Waals surface area contributed by atoms with E-state index in [1.807, 2.05) is 30.3 Å². The number of hydrogen-bond acceptors (Lipinski definition) is 4. The van der Waals surface area contributed by atoms with E-state index >= 15 is 0 Å². The highest BCUT2D eigenvalue weighted by Crippen LogP contribution is 2.33. The number of ether oxygens (including phenoxy) is 2. The second kappa shape index (κ2) is 6.88. The summed E-state index contributed by atoms with van der Waals surface area (Å²) in [6.45, 7) is 2.25. The molecule has 1 amide bonds. The van der Waals surface area contributed by atoms with Crippen molar-refractivity contribution >= 4 is 17.7 Å². The molecule has 0 aromatic heterocycles. The van der Waals surface area contributed by atoms with Gasteiger partial charge in [0.05, 0.1) is 0 Å². The molecule has 0 bridgehead atoms. The zero-order valence-electron chi connectivity index (χ0n) is 13.2. The van der Waals surface area contributed by atoms with Crippen LogP contribution in [0.25, 0.3) is 6.08 Å². The molecule has 1 heterocycles. The Labute approximate surface area is 140 Å². The van der Waals surface area contributed by atoms with E-state index in [4.69, 9.17) is 9.47 Å². The van der Waals surface area contributed by atoms with Crippen molar-refractivity contribution in [2.24, 2.45) is 0 Å². The molecule has 3 rings (SSSR count). The van der Waals surface area contributed by atoms with Crippen LogP contribution in [0.4, 0.5) is 5.69 Å². The summed E-state index contributed by atoms with van der Waals surface area (Å²) in [5, 5.41) is 12.0. The second-order valence-corrected chi connectivity index (χ2v) is 5.29. The number of fused-ring (bicyclic) bond motifs is 1. The van der Waals surface area contributed by atoms with Gasteiger partial charge < -0.3 is 14.8 Å². The molecule has 0 spiro atoms. The Balaban J connectivity index is 1.77. The van der Waals surface area contributed by atoms with E-state index in [9.17, 15) is 10.1 Å². The van der Waals surface area contributed by atoms with E-state index in [2.05, 4.69) is 12.2 Å². The minimum atomic E-state index is -0.445. The van der Waals surface area contributed by atoms with Crippen LogP contribution in [0.5, 0.6) is 11.5 Å². The first-order valence-corrected chi connectivity index (χ1v) is 7.61. The standard InChI is InChI=1S/C19H16N2O3/c1-2-13-3-6-16(7-4-13)21-19(22)15(11-20)9-14-5-8-17-18(10-14)24-12-23-17/h3-10H,2,12H2,1H3,(H,21,22)/b15-9-. The summed E-state index contributed by atoms with van der Waals surface area (Å²) in [5.41, 5.74) is 2.56. The van der Waals surface area contributed by atoms with Gasteiger partial charge in [-0.3, -0.25) is 4.79 Å². The van der Waals surface area contributed by atoms with Crippen LogP contribution in [0.3, 0.4) is 0 Å². The topological polar surface area (TPSA) is 71.4 Å². The van der Waals surface area contributed by atoms with Crippen molar-refractivity contribution in [1.29, 1.82) is 5.26 Å². The molecular formula is C19H16N2O3. The van der Waals surface area contributed by atoms with Gasteiger partial charge in [-0.1, -0.05) is 25.1 Å². The lowest BCUT2D eigenvalue weighted by Crippen LogP contribution is -2.13. The van der Waals surface area contributed by atoms with Crippen molar-refractivity contribution in [3.63, 3.8) is 0 Å². The Bertz CT molecular complexity index is 833. The molecule has 0 fully saturated rings. The van der Waals surface area contributed by atoms with Gasteiger partial charge in [0.25, 0.3) is 5.91 Å². The number of hydrogen-bond donors (Lipinski definition) is 1. The fourth-order valence-corrected chi connectivity index (χ4v) is 2.34. The third kappa shape index (κ3) is 3.39. The summed E-state index contributed by atoms with van der Waals surface area (Å²) >= 11 is 0. The van der Waals surface area contributed by atoms with Crippen molar-refractivity contribution < 1.29 is 14.3 Å². The van der Waals surface area contributed by atoms with Crippen molar-refractivity contribution in [2.45, 2.75) is 13.3 Å². The first kappa shape index (κ1) is 15.6. The molecule has 0 radical (unpaired) electrons. The number of amides is 1. The summed E-state index contributed by atoms with van der Waals surface area (Å²) in [6, 6.07) is 14.8. The van der Waals surface area contributed by atoms with Gasteiger partial charge in [0.15, 0.2) is 11.5 Å². The number of anilines is 1. The zero-order valence-corrected chi connectivity index (χ0v) is 13.2. The molecule has 0 saturated carbocycles. The molecule has 0 atom stereocenters. The van der Waals surface area contributed by atoms with Gasteiger partial charge in [-0.05, 0) is 47.9 Å². The molecule has 0 aliphatic carbocycles. The molecule has 2 aromatic rings. The van der Waals surface area contributed by atoms with E-state index in [1.54, 1.807) is 18.2 Å². The first-order valence-electron chi connectivity index (χ1n) is 7.61. The summed E-state index contributed by atoms with van der Waals surface area (Å²) in [5.74, 6) is 0.821. The summed E-state index contributed by atoms with van der Waals surface area (Å²) in [6.07, 6.45) is 2.46. The van der Waals surface area contributed by atoms with Gasteiger partial charge in [0, 0.05) is 5.69 Å². The van der Waals surface area contributed by atoms with Crippen LogP contribution in [0.2, 0.25) is 0 Å². The number of carbonyl (C=O) groups is 1. The van der Waals surface area contributed by atoms with E-state index in [1.165, 1.54) is 11.6 Å². The van der Waals surface area contributed by atoms with Crippen LogP contribution in [0.15, 0.2) is 48.0 Å². The Morgan fingerprint density at radius 1 is 1.21 bits per heavy atom. The Hall–Kier alpha value is -3.26. The maximum atomic E-state index is 12.3. The molecule has 24 heavy (non-hydrogen) atoms. The highest BCUT2D eigenvalue weighted by Gasteiger charge is 2.14. The van der Waals surface area contributed by atoms with Crippen LogP contribution < -0.4 is 14.8 Å². The Morgan fingerprint density at radius 3 is 2.67 bits per heavy atom. The number of aryl methyl sites for hydroxylation is 1. The van der Waals surface area contributed by atoms with Gasteiger partial charge in [-0.2, -0.15) is 5.26 Å². The van der Waals surface area contributed by atoms with Gasteiger partial charge in [-0.15, -0.1) is 0 Å². The average Bonchev–Trinajstić information content (AvgIpc) is 3.08. The zero-order chi connectivity index (χ0) is 16.9. The van der Waals surface area contributed by atoms with Gasteiger partial charge in [0.1, 0.15) is 11.6 Å². The molecule has 2 aromatic carbocycles. The third-order valence-electron chi connectivity index (χ3n) is 3.69. The summed E-state index contributed by atoms with van der Waals surface area (Å²) < 4.78 is 10.5. The predicted molar refractivity (Wildman–Crippen MR) is 90.6 cm³/mol. The molecule has 1 aliphatic heterocycles. The number of nitriles is 1. The Morgan fingerprint density at radius 2 is 1.96 bits per heavy atom. The van der Waals surface area contributed by atoms with Crippen molar-refractivity contribution in [3.8, 4) is 17.6 Å². The summed E-state index contributed by atoms with van der Waals surface area (Å²) in [4.78, 5) is 12.3. The minimum absolute atomic E-state index is 0.0217. The van der Waals surface area contributed by atoms with E-state index < -0.39 is 5.91 Å². The minimum Gasteiger partial charge on any atom is -0.454 e. The van der Waals surface area contributed by atoms with Crippen LogP contribution in [0, 0.1) is 11.3 Å². The van der Waals surface area contributed by atoms with Crippen molar-refractivity contribution in [2.75, 3.05) is 12.1 Å². The van der Waals surface area contributed by atoms with Crippen LogP contribution in [-0.4, -0.2) is 12.7 Å². The molecule has 1 aliphatic rings. The summed E-state index contributed by atoms with van der Waals surface area (Å²) in [7, 11) is 0. The number of rotatable bonds is 4. The number of nitrogens with zero attached hydrogens (tertiary/aromatic N) is 1. The van der Waals surface area contributed by atoms with Gasteiger partial charge in [-0.25, -0.2) is 0 Å². The lowest BCUT2D eigenvalue weighted by molar-refractivity contribution is -0.112. The van der Waals surface area contributed by atoms with Crippen molar-refractivity contribution in [1.82, 2.24) is 0 Å². The normalized spacial score (nSPS) is 12.6. The fraction of sp³-hybridized carbons (Fsp3) is 0.158. The highest BCUT2D eigenvalue weighted by atomic mass is 16.7. The smallest absolute Gasteiger partial charge is 0.266 e. The van der Waals surface area contributed by atoms with Crippen LogP contribution in [-0.2, 0) is 11.2 Å². The van der Waals surface area contributed by atoms with Crippen LogP contribution in [0.1, 0.15) is 18.1 Å². The maximum Gasteiger partial charge on any atom is 0.266 e. The molecule has 120 valence electrons. The SMILES string of the molecule is CCc1ccc(NC(=O)/C(C#N)=C\c2ccc3c(c2)OCO3)cc1. The molecule has 1 N–H and O–H groups in total. The molecular weight excluding hydrogens is 304 g/mol. The van der Waals surface area contributed by atoms with E-state index in [0.717, 1.165) is 6.42 Å². The van der Waals surface area contributed by atoms with Gasteiger partial charge in [0.2, 0.25) is 6.79 Å².